The van der Waals surface area contributed by atoms with Crippen molar-refractivity contribution in [3.63, 3.8) is 0 Å². The summed E-state index contributed by atoms with van der Waals surface area (Å²) in [5.41, 5.74) is 1.91. The first-order valence-electron chi connectivity index (χ1n) is 8.79. The second kappa shape index (κ2) is 8.02. The van der Waals surface area contributed by atoms with Crippen molar-refractivity contribution in [2.24, 2.45) is 0 Å². The van der Waals surface area contributed by atoms with Crippen LogP contribution < -0.4 is 0 Å². The molecule has 0 amide bonds. The Hall–Kier alpha value is -1.26. The molecule has 130 valence electrons. The summed E-state index contributed by atoms with van der Waals surface area (Å²) in [4.78, 5) is 2.26. The topological polar surface area (TPSA) is 52.9 Å². The van der Waals surface area contributed by atoms with Gasteiger partial charge in [0, 0.05) is 25.2 Å². The van der Waals surface area contributed by atoms with Gasteiger partial charge in [-0.05, 0) is 29.5 Å². The van der Waals surface area contributed by atoms with Gasteiger partial charge in [0.05, 0.1) is 13.2 Å². The van der Waals surface area contributed by atoms with Crippen LogP contribution in [0, 0.1) is 0 Å². The SMILES string of the molecule is CCCCCC(C)(C)c1cc(O)c(O)c(CN2CCOCC2)c1. The van der Waals surface area contributed by atoms with Crippen LogP contribution in [0.5, 0.6) is 11.5 Å². The molecule has 0 aromatic heterocycles. The van der Waals surface area contributed by atoms with Gasteiger partial charge < -0.3 is 14.9 Å². The Balaban J connectivity index is 2.17. The van der Waals surface area contributed by atoms with Crippen LogP contribution in [0.1, 0.15) is 57.6 Å². The summed E-state index contributed by atoms with van der Waals surface area (Å²) in [6.07, 6.45) is 4.71. The molecule has 0 radical (unpaired) electrons. The first kappa shape index (κ1) is 18.1. The lowest BCUT2D eigenvalue weighted by atomic mass is 9.79. The Kier molecular flexibility index (Phi) is 6.31. The molecule has 1 fully saturated rings. The highest BCUT2D eigenvalue weighted by Gasteiger charge is 2.24. The fraction of sp³-hybridized carbons (Fsp3) is 0.684. The normalized spacial score (nSPS) is 16.7. The fourth-order valence-corrected chi connectivity index (χ4v) is 3.15. The third-order valence-corrected chi connectivity index (χ3v) is 4.85. The highest BCUT2D eigenvalue weighted by molar-refractivity contribution is 5.49. The summed E-state index contributed by atoms with van der Waals surface area (Å²) in [6.45, 7) is 10.5. The van der Waals surface area contributed by atoms with E-state index in [0.29, 0.717) is 6.54 Å². The monoisotopic (exact) mass is 321 g/mol. The van der Waals surface area contributed by atoms with Crippen LogP contribution in [0.15, 0.2) is 12.1 Å². The molecular formula is C19H31NO3. The van der Waals surface area contributed by atoms with Gasteiger partial charge in [0.25, 0.3) is 0 Å². The van der Waals surface area contributed by atoms with Crippen LogP contribution in [0.25, 0.3) is 0 Å². The van der Waals surface area contributed by atoms with Crippen LogP contribution >= 0.6 is 0 Å². The molecule has 1 heterocycles. The number of aromatic hydroxyl groups is 2. The van der Waals surface area contributed by atoms with E-state index in [1.165, 1.54) is 19.3 Å². The van der Waals surface area contributed by atoms with E-state index in [2.05, 4.69) is 31.7 Å². The van der Waals surface area contributed by atoms with E-state index in [0.717, 1.165) is 43.9 Å². The van der Waals surface area contributed by atoms with E-state index in [1.54, 1.807) is 6.07 Å². The summed E-state index contributed by atoms with van der Waals surface area (Å²) in [5, 5.41) is 20.4. The first-order chi connectivity index (χ1) is 10.9. The lowest BCUT2D eigenvalue weighted by molar-refractivity contribution is 0.0338. The maximum Gasteiger partial charge on any atom is 0.162 e. The molecule has 1 aromatic carbocycles. The molecule has 0 atom stereocenters. The van der Waals surface area contributed by atoms with Crippen LogP contribution in [-0.4, -0.2) is 41.4 Å². The highest BCUT2D eigenvalue weighted by Crippen LogP contribution is 2.38. The molecule has 1 aromatic rings. The van der Waals surface area contributed by atoms with Crippen molar-refractivity contribution >= 4 is 0 Å². The molecule has 0 spiro atoms. The van der Waals surface area contributed by atoms with Gasteiger partial charge in [-0.3, -0.25) is 4.90 Å². The van der Waals surface area contributed by atoms with E-state index < -0.39 is 0 Å². The van der Waals surface area contributed by atoms with Crippen molar-refractivity contribution in [3.05, 3.63) is 23.3 Å². The Morgan fingerprint density at radius 2 is 1.83 bits per heavy atom. The van der Waals surface area contributed by atoms with E-state index in [4.69, 9.17) is 4.74 Å². The third kappa shape index (κ3) is 4.85. The zero-order valence-electron chi connectivity index (χ0n) is 14.8. The van der Waals surface area contributed by atoms with Crippen molar-refractivity contribution in [3.8, 4) is 11.5 Å². The molecule has 1 aliphatic rings. The summed E-state index contributed by atoms with van der Waals surface area (Å²) >= 11 is 0. The van der Waals surface area contributed by atoms with Gasteiger partial charge in [-0.2, -0.15) is 0 Å². The maximum absolute atomic E-state index is 10.2. The Morgan fingerprint density at radius 1 is 1.13 bits per heavy atom. The van der Waals surface area contributed by atoms with Crippen molar-refractivity contribution in [1.82, 2.24) is 4.90 Å². The number of morpholine rings is 1. The molecule has 23 heavy (non-hydrogen) atoms. The van der Waals surface area contributed by atoms with Crippen LogP contribution in [0.4, 0.5) is 0 Å². The zero-order valence-corrected chi connectivity index (χ0v) is 14.8. The minimum Gasteiger partial charge on any atom is -0.504 e. The Bertz CT molecular complexity index is 508. The van der Waals surface area contributed by atoms with Crippen molar-refractivity contribution < 1.29 is 14.9 Å². The number of rotatable bonds is 7. The molecule has 4 heteroatoms. The number of benzene rings is 1. The number of phenolic OH excluding ortho intramolecular Hbond substituents is 2. The molecule has 2 rings (SSSR count). The fourth-order valence-electron chi connectivity index (χ4n) is 3.15. The molecule has 2 N–H and O–H groups in total. The predicted octanol–water partition coefficient (Wildman–Crippen LogP) is 3.79. The van der Waals surface area contributed by atoms with E-state index in [9.17, 15) is 10.2 Å². The van der Waals surface area contributed by atoms with Crippen LogP contribution in [0.2, 0.25) is 0 Å². The number of hydrogen-bond acceptors (Lipinski definition) is 4. The van der Waals surface area contributed by atoms with Gasteiger partial charge >= 0.3 is 0 Å². The summed E-state index contributed by atoms with van der Waals surface area (Å²) < 4.78 is 5.37. The van der Waals surface area contributed by atoms with Gasteiger partial charge in [0.1, 0.15) is 0 Å². The first-order valence-corrected chi connectivity index (χ1v) is 8.79. The average Bonchev–Trinajstić information content (AvgIpc) is 2.52. The number of phenols is 2. The Labute approximate surface area is 140 Å². The van der Waals surface area contributed by atoms with Crippen LogP contribution in [-0.2, 0) is 16.7 Å². The number of ether oxygens (including phenoxy) is 1. The zero-order chi connectivity index (χ0) is 16.9. The van der Waals surface area contributed by atoms with Gasteiger partial charge in [-0.1, -0.05) is 40.0 Å². The second-order valence-electron chi connectivity index (χ2n) is 7.23. The Morgan fingerprint density at radius 3 is 2.48 bits per heavy atom. The molecule has 0 unspecified atom stereocenters. The van der Waals surface area contributed by atoms with Gasteiger partial charge in [-0.15, -0.1) is 0 Å². The van der Waals surface area contributed by atoms with Gasteiger partial charge in [0.15, 0.2) is 11.5 Å². The third-order valence-electron chi connectivity index (χ3n) is 4.85. The van der Waals surface area contributed by atoms with Crippen molar-refractivity contribution in [2.45, 2.75) is 58.4 Å². The maximum atomic E-state index is 10.2. The van der Waals surface area contributed by atoms with E-state index in [-0.39, 0.29) is 16.9 Å². The number of nitrogens with zero attached hydrogens (tertiary/aromatic N) is 1. The largest absolute Gasteiger partial charge is 0.504 e. The van der Waals surface area contributed by atoms with Crippen molar-refractivity contribution in [2.75, 3.05) is 26.3 Å². The minimum atomic E-state index is -0.00525. The molecule has 0 bridgehead atoms. The predicted molar refractivity (Wildman–Crippen MR) is 93.0 cm³/mol. The smallest absolute Gasteiger partial charge is 0.162 e. The van der Waals surface area contributed by atoms with Crippen LogP contribution in [0.3, 0.4) is 0 Å². The van der Waals surface area contributed by atoms with E-state index in [1.807, 2.05) is 0 Å². The summed E-state index contributed by atoms with van der Waals surface area (Å²) in [6, 6.07) is 3.79. The number of hydrogen-bond donors (Lipinski definition) is 2. The molecular weight excluding hydrogens is 290 g/mol. The quantitative estimate of drug-likeness (QED) is 0.592. The van der Waals surface area contributed by atoms with Gasteiger partial charge in [-0.25, -0.2) is 0 Å². The lowest BCUT2D eigenvalue weighted by Crippen LogP contribution is -2.35. The molecule has 4 nitrogen and oxygen atoms in total. The lowest BCUT2D eigenvalue weighted by Gasteiger charge is -2.29. The molecule has 1 aliphatic heterocycles. The minimum absolute atomic E-state index is 0.000108. The molecule has 0 saturated carbocycles. The van der Waals surface area contributed by atoms with E-state index >= 15 is 0 Å². The second-order valence-corrected chi connectivity index (χ2v) is 7.23. The average molecular weight is 321 g/mol. The highest BCUT2D eigenvalue weighted by atomic mass is 16.5. The van der Waals surface area contributed by atoms with Gasteiger partial charge in [0.2, 0.25) is 0 Å². The molecule has 0 aliphatic carbocycles. The standard InChI is InChI=1S/C19H31NO3/c1-4-5-6-7-19(2,3)16-12-15(18(22)17(21)13-16)14-20-8-10-23-11-9-20/h12-13,21-22H,4-11,14H2,1-3H3. The van der Waals surface area contributed by atoms with Crippen molar-refractivity contribution in [1.29, 1.82) is 0 Å². The number of unbranched alkanes of at least 4 members (excludes halogenated alkanes) is 2. The summed E-state index contributed by atoms with van der Waals surface area (Å²) in [5.74, 6) is 0.0129. The molecule has 1 saturated heterocycles. The summed E-state index contributed by atoms with van der Waals surface area (Å²) in [7, 11) is 0.